The molecule has 0 saturated carbocycles. The molecule has 1 atom stereocenters. The summed E-state index contributed by atoms with van der Waals surface area (Å²) in [6.07, 6.45) is 0. The lowest BCUT2D eigenvalue weighted by molar-refractivity contribution is 0.354. The van der Waals surface area contributed by atoms with E-state index in [1.54, 1.807) is 18.2 Å². The second-order valence-corrected chi connectivity index (χ2v) is 5.14. The molecule has 2 N–H and O–H groups in total. The van der Waals surface area contributed by atoms with Gasteiger partial charge in [0, 0.05) is 16.7 Å². The van der Waals surface area contributed by atoms with E-state index in [1.165, 1.54) is 20.3 Å². The molecule has 2 aromatic rings. The zero-order valence-corrected chi connectivity index (χ0v) is 12.9. The van der Waals surface area contributed by atoms with E-state index in [9.17, 15) is 4.39 Å². The molecule has 1 unspecified atom stereocenters. The number of benzene rings is 2. The van der Waals surface area contributed by atoms with Crippen molar-refractivity contribution in [1.29, 1.82) is 0 Å². The molecule has 0 aromatic heterocycles. The fourth-order valence-electron chi connectivity index (χ4n) is 2.16. The van der Waals surface area contributed by atoms with Gasteiger partial charge in [-0.1, -0.05) is 23.7 Å². The Morgan fingerprint density at radius 1 is 1.05 bits per heavy atom. The predicted octanol–water partition coefficient (Wildman–Crippen LogP) is 3.85. The quantitative estimate of drug-likeness (QED) is 0.933. The number of hydrogen-bond acceptors (Lipinski definition) is 3. The van der Waals surface area contributed by atoms with Crippen LogP contribution in [0.25, 0.3) is 0 Å². The molecular weight excluding hydrogens is 293 g/mol. The Balaban J connectivity index is 2.50. The third-order valence-corrected chi connectivity index (χ3v) is 3.66. The van der Waals surface area contributed by atoms with Gasteiger partial charge in [-0.15, -0.1) is 0 Å². The molecule has 0 aliphatic heterocycles. The molecule has 21 heavy (non-hydrogen) atoms. The minimum absolute atomic E-state index is 0.353. The molecular formula is C16H17ClFNO2. The third kappa shape index (κ3) is 3.12. The Bertz CT molecular complexity index is 661. The topological polar surface area (TPSA) is 44.5 Å². The normalized spacial score (nSPS) is 12.1. The maximum atomic E-state index is 14.1. The minimum Gasteiger partial charge on any atom is -0.493 e. The Labute approximate surface area is 128 Å². The first-order valence-corrected chi connectivity index (χ1v) is 6.78. The summed E-state index contributed by atoms with van der Waals surface area (Å²) < 4.78 is 24.5. The maximum absolute atomic E-state index is 14.1. The van der Waals surface area contributed by atoms with Crippen molar-refractivity contribution in [3.63, 3.8) is 0 Å². The van der Waals surface area contributed by atoms with Crippen LogP contribution in [0.3, 0.4) is 0 Å². The van der Waals surface area contributed by atoms with Crippen molar-refractivity contribution in [2.24, 2.45) is 5.73 Å². The predicted molar refractivity (Wildman–Crippen MR) is 81.7 cm³/mol. The summed E-state index contributed by atoms with van der Waals surface area (Å²) in [6, 6.07) is 7.53. The Morgan fingerprint density at radius 2 is 1.67 bits per heavy atom. The molecule has 2 aromatic carbocycles. The molecule has 0 radical (unpaired) electrons. The van der Waals surface area contributed by atoms with Crippen LogP contribution in [0.4, 0.5) is 4.39 Å². The van der Waals surface area contributed by atoms with Gasteiger partial charge in [0.2, 0.25) is 0 Å². The zero-order valence-electron chi connectivity index (χ0n) is 12.1. The fourth-order valence-corrected chi connectivity index (χ4v) is 2.43. The lowest BCUT2D eigenvalue weighted by Crippen LogP contribution is -2.14. The highest BCUT2D eigenvalue weighted by atomic mass is 35.5. The molecule has 112 valence electrons. The molecule has 0 spiro atoms. The minimum atomic E-state index is -0.682. The van der Waals surface area contributed by atoms with Crippen LogP contribution in [-0.4, -0.2) is 14.2 Å². The van der Waals surface area contributed by atoms with Gasteiger partial charge in [0.15, 0.2) is 11.5 Å². The first-order valence-electron chi connectivity index (χ1n) is 6.41. The van der Waals surface area contributed by atoms with Crippen LogP contribution in [0, 0.1) is 12.7 Å². The average molecular weight is 310 g/mol. The van der Waals surface area contributed by atoms with E-state index in [4.69, 9.17) is 26.8 Å². The zero-order chi connectivity index (χ0) is 15.6. The van der Waals surface area contributed by atoms with Crippen molar-refractivity contribution in [3.8, 4) is 11.5 Å². The smallest absolute Gasteiger partial charge is 0.162 e. The first kappa shape index (κ1) is 15.6. The molecule has 3 nitrogen and oxygen atoms in total. The summed E-state index contributed by atoms with van der Waals surface area (Å²) in [5.74, 6) is 0.649. The molecule has 0 aliphatic rings. The lowest BCUT2D eigenvalue weighted by Gasteiger charge is -2.18. The Morgan fingerprint density at radius 3 is 2.24 bits per heavy atom. The lowest BCUT2D eigenvalue weighted by atomic mass is 9.97. The molecule has 0 fully saturated rings. The summed E-state index contributed by atoms with van der Waals surface area (Å²) in [5.41, 5.74) is 7.96. The summed E-state index contributed by atoms with van der Waals surface area (Å²) in [4.78, 5) is 0. The number of rotatable bonds is 4. The first-order chi connectivity index (χ1) is 9.97. The standard InChI is InChI=1S/C16H17ClFNO2/c1-9-4-5-10(13(18)6-9)16(19)11-7-14(20-2)15(21-3)8-12(11)17/h4-8,16H,19H2,1-3H3. The number of aryl methyl sites for hydroxylation is 1. The van der Waals surface area contributed by atoms with Crippen LogP contribution in [0.1, 0.15) is 22.7 Å². The van der Waals surface area contributed by atoms with Gasteiger partial charge in [0.05, 0.1) is 20.3 Å². The van der Waals surface area contributed by atoms with E-state index in [0.717, 1.165) is 5.56 Å². The van der Waals surface area contributed by atoms with Gasteiger partial charge < -0.3 is 15.2 Å². The largest absolute Gasteiger partial charge is 0.493 e. The Hall–Kier alpha value is -1.78. The van der Waals surface area contributed by atoms with Crippen molar-refractivity contribution in [2.75, 3.05) is 14.2 Å². The summed E-state index contributed by atoms with van der Waals surface area (Å²) in [6.45, 7) is 1.82. The second-order valence-electron chi connectivity index (χ2n) is 4.73. The van der Waals surface area contributed by atoms with Crippen LogP contribution >= 0.6 is 11.6 Å². The van der Waals surface area contributed by atoms with Crippen molar-refractivity contribution >= 4 is 11.6 Å². The SMILES string of the molecule is COc1cc(Cl)c(C(N)c2ccc(C)cc2F)cc1OC. The van der Waals surface area contributed by atoms with Crippen LogP contribution in [-0.2, 0) is 0 Å². The summed E-state index contributed by atoms with van der Waals surface area (Å²) >= 11 is 6.23. The number of hydrogen-bond donors (Lipinski definition) is 1. The monoisotopic (exact) mass is 309 g/mol. The van der Waals surface area contributed by atoms with Gasteiger partial charge in [-0.2, -0.15) is 0 Å². The third-order valence-electron chi connectivity index (χ3n) is 3.33. The van der Waals surface area contributed by atoms with E-state index < -0.39 is 6.04 Å². The highest BCUT2D eigenvalue weighted by Gasteiger charge is 2.19. The number of halogens is 2. The maximum Gasteiger partial charge on any atom is 0.162 e. The van der Waals surface area contributed by atoms with Crippen molar-refractivity contribution in [3.05, 3.63) is 57.9 Å². The Kier molecular flexibility index (Phi) is 4.70. The van der Waals surface area contributed by atoms with Crippen molar-refractivity contribution in [1.82, 2.24) is 0 Å². The van der Waals surface area contributed by atoms with E-state index in [1.807, 2.05) is 13.0 Å². The van der Waals surface area contributed by atoms with Gasteiger partial charge in [-0.3, -0.25) is 0 Å². The van der Waals surface area contributed by atoms with Gasteiger partial charge >= 0.3 is 0 Å². The van der Waals surface area contributed by atoms with Gasteiger partial charge in [0.1, 0.15) is 5.82 Å². The summed E-state index contributed by atoms with van der Waals surface area (Å²) in [5, 5.41) is 0.403. The molecule has 0 saturated heterocycles. The molecule has 0 amide bonds. The van der Waals surface area contributed by atoms with Gasteiger partial charge in [-0.25, -0.2) is 4.39 Å². The molecule has 0 aliphatic carbocycles. The fraction of sp³-hybridized carbons (Fsp3) is 0.250. The van der Waals surface area contributed by atoms with Gasteiger partial charge in [-0.05, 0) is 30.2 Å². The number of nitrogens with two attached hydrogens (primary N) is 1. The van der Waals surface area contributed by atoms with Gasteiger partial charge in [0.25, 0.3) is 0 Å². The molecule has 0 bridgehead atoms. The highest BCUT2D eigenvalue weighted by molar-refractivity contribution is 6.31. The molecule has 0 heterocycles. The van der Waals surface area contributed by atoms with Crippen LogP contribution in [0.15, 0.2) is 30.3 Å². The summed E-state index contributed by atoms with van der Waals surface area (Å²) in [7, 11) is 3.04. The van der Waals surface area contributed by atoms with E-state index in [-0.39, 0.29) is 5.82 Å². The van der Waals surface area contributed by atoms with Crippen LogP contribution < -0.4 is 15.2 Å². The van der Waals surface area contributed by atoms with Crippen molar-refractivity contribution in [2.45, 2.75) is 13.0 Å². The van der Waals surface area contributed by atoms with E-state index in [0.29, 0.717) is 27.6 Å². The number of methoxy groups -OCH3 is 2. The van der Waals surface area contributed by atoms with Crippen LogP contribution in [0.5, 0.6) is 11.5 Å². The molecule has 5 heteroatoms. The van der Waals surface area contributed by atoms with E-state index in [2.05, 4.69) is 0 Å². The highest BCUT2D eigenvalue weighted by Crippen LogP contribution is 2.37. The van der Waals surface area contributed by atoms with Crippen LogP contribution in [0.2, 0.25) is 5.02 Å². The average Bonchev–Trinajstić information content (AvgIpc) is 2.46. The van der Waals surface area contributed by atoms with E-state index >= 15 is 0 Å². The molecule has 2 rings (SSSR count). The second kappa shape index (κ2) is 6.33. The number of ether oxygens (including phenoxy) is 2. The van der Waals surface area contributed by atoms with Crippen molar-refractivity contribution < 1.29 is 13.9 Å².